The van der Waals surface area contributed by atoms with Crippen molar-refractivity contribution in [3.05, 3.63) is 51.0 Å². The Morgan fingerprint density at radius 2 is 2.05 bits per heavy atom. The molecule has 0 saturated carbocycles. The van der Waals surface area contributed by atoms with E-state index in [2.05, 4.69) is 45.0 Å². The highest BCUT2D eigenvalue weighted by Crippen LogP contribution is 2.40. The molecule has 4 heteroatoms. The monoisotopic (exact) mass is 314 g/mol. The van der Waals surface area contributed by atoms with E-state index in [1.54, 1.807) is 0 Å². The molecule has 1 aromatic carbocycles. The molecule has 1 unspecified atom stereocenters. The fraction of sp³-hybridized carbons (Fsp3) is 0.444. The fourth-order valence-electron chi connectivity index (χ4n) is 3.10. The number of benzene rings is 1. The molecule has 2 N–H and O–H groups in total. The lowest BCUT2D eigenvalue weighted by Gasteiger charge is -2.25. The molecule has 3 nitrogen and oxygen atoms in total. The van der Waals surface area contributed by atoms with E-state index in [0.29, 0.717) is 4.88 Å². The topological polar surface area (TPSA) is 56.0 Å². The van der Waals surface area contributed by atoms with Crippen LogP contribution in [0.25, 0.3) is 0 Å². The van der Waals surface area contributed by atoms with Crippen molar-refractivity contribution in [2.75, 3.05) is 0 Å². The predicted molar refractivity (Wildman–Crippen MR) is 90.6 cm³/mol. The predicted octanol–water partition coefficient (Wildman–Crippen LogP) is 4.01. The molecule has 1 aliphatic carbocycles. The van der Waals surface area contributed by atoms with Gasteiger partial charge in [0, 0.05) is 11.3 Å². The molecule has 1 heterocycles. The van der Waals surface area contributed by atoms with Gasteiger partial charge in [-0.25, -0.2) is 4.98 Å². The summed E-state index contributed by atoms with van der Waals surface area (Å²) in [5.41, 5.74) is 9.13. The minimum atomic E-state index is -0.356. The summed E-state index contributed by atoms with van der Waals surface area (Å²) in [6.45, 7) is 6.36. The van der Waals surface area contributed by atoms with Gasteiger partial charge in [-0.1, -0.05) is 45.0 Å². The van der Waals surface area contributed by atoms with Crippen molar-refractivity contribution in [3.8, 4) is 0 Å². The van der Waals surface area contributed by atoms with Crippen molar-refractivity contribution in [3.63, 3.8) is 0 Å². The van der Waals surface area contributed by atoms with Crippen LogP contribution in [0.1, 0.15) is 71.0 Å². The van der Waals surface area contributed by atoms with Crippen LogP contribution in [0.5, 0.6) is 0 Å². The van der Waals surface area contributed by atoms with Crippen LogP contribution >= 0.6 is 11.3 Å². The van der Waals surface area contributed by atoms with E-state index in [1.165, 1.54) is 22.5 Å². The molecule has 3 rings (SSSR count). The summed E-state index contributed by atoms with van der Waals surface area (Å²) in [5.74, 6) is -0.161. The van der Waals surface area contributed by atoms with E-state index in [9.17, 15) is 4.79 Å². The van der Waals surface area contributed by atoms with E-state index in [0.717, 1.165) is 30.0 Å². The zero-order valence-electron chi connectivity index (χ0n) is 13.3. The maximum atomic E-state index is 11.9. The lowest BCUT2D eigenvalue weighted by atomic mass is 9.80. The van der Waals surface area contributed by atoms with E-state index in [4.69, 9.17) is 10.7 Å². The highest BCUT2D eigenvalue weighted by atomic mass is 32.1. The van der Waals surface area contributed by atoms with Crippen molar-refractivity contribution in [1.29, 1.82) is 0 Å². The standard InChI is InChI=1S/C18H22N2OS/c1-18(2,3)17-20-14(15(22-17)16(19)21)13-10-6-8-11-7-4-5-9-12(11)13/h4-5,7,9,13H,6,8,10H2,1-3H3,(H2,19,21). The summed E-state index contributed by atoms with van der Waals surface area (Å²) in [6, 6.07) is 8.50. The number of aryl methyl sites for hydroxylation is 1. The Morgan fingerprint density at radius 3 is 2.73 bits per heavy atom. The second-order valence-electron chi connectivity index (χ2n) is 6.99. The maximum absolute atomic E-state index is 11.9. The van der Waals surface area contributed by atoms with Gasteiger partial charge >= 0.3 is 0 Å². The zero-order chi connectivity index (χ0) is 15.9. The smallest absolute Gasteiger partial charge is 0.260 e. The van der Waals surface area contributed by atoms with Crippen molar-refractivity contribution >= 4 is 17.2 Å². The van der Waals surface area contributed by atoms with Gasteiger partial charge < -0.3 is 5.73 Å². The van der Waals surface area contributed by atoms with Gasteiger partial charge in [-0.2, -0.15) is 0 Å². The molecule has 0 bridgehead atoms. The average Bonchev–Trinajstić information content (AvgIpc) is 2.92. The lowest BCUT2D eigenvalue weighted by molar-refractivity contribution is 0.100. The van der Waals surface area contributed by atoms with Crippen LogP contribution in [0, 0.1) is 0 Å². The summed E-state index contributed by atoms with van der Waals surface area (Å²) >= 11 is 1.46. The molecule has 1 amide bonds. The number of hydrogen-bond acceptors (Lipinski definition) is 3. The Bertz CT molecular complexity index is 712. The maximum Gasteiger partial charge on any atom is 0.260 e. The SMILES string of the molecule is CC(C)(C)c1nc(C2CCCc3ccccc32)c(C(N)=O)s1. The summed E-state index contributed by atoms with van der Waals surface area (Å²) in [5, 5.41) is 0.986. The third-order valence-corrected chi connectivity index (χ3v) is 5.73. The Kier molecular flexibility index (Phi) is 3.81. The Morgan fingerprint density at radius 1 is 1.32 bits per heavy atom. The van der Waals surface area contributed by atoms with Crippen molar-refractivity contribution < 1.29 is 4.79 Å². The first kappa shape index (κ1) is 15.2. The van der Waals surface area contributed by atoms with Gasteiger partial charge in [-0.3, -0.25) is 4.79 Å². The minimum absolute atomic E-state index is 0.0682. The number of fused-ring (bicyclic) bond motifs is 1. The average molecular weight is 314 g/mol. The van der Waals surface area contributed by atoms with Gasteiger partial charge in [-0.05, 0) is 30.4 Å². The third kappa shape index (κ3) is 2.68. The molecule has 0 spiro atoms. The second kappa shape index (κ2) is 5.51. The van der Waals surface area contributed by atoms with Gasteiger partial charge in [0.1, 0.15) is 4.88 Å². The molecular formula is C18H22N2OS. The molecular weight excluding hydrogens is 292 g/mol. The molecule has 22 heavy (non-hydrogen) atoms. The van der Waals surface area contributed by atoms with Crippen molar-refractivity contribution in [1.82, 2.24) is 4.98 Å². The van der Waals surface area contributed by atoms with Crippen LogP contribution < -0.4 is 5.73 Å². The summed E-state index contributed by atoms with van der Waals surface area (Å²) in [4.78, 5) is 17.4. The highest BCUT2D eigenvalue weighted by Gasteiger charge is 2.31. The van der Waals surface area contributed by atoms with Crippen molar-refractivity contribution in [2.45, 2.75) is 51.4 Å². The van der Waals surface area contributed by atoms with Gasteiger partial charge in [0.2, 0.25) is 0 Å². The Hall–Kier alpha value is -1.68. The van der Waals surface area contributed by atoms with Crippen LogP contribution in [0.4, 0.5) is 0 Å². The fourth-order valence-corrected chi connectivity index (χ4v) is 4.14. The first-order valence-corrected chi connectivity index (χ1v) is 8.58. The Balaban J connectivity index is 2.13. The number of primary amides is 1. The number of carbonyl (C=O) groups is 1. The number of carbonyl (C=O) groups excluding carboxylic acids is 1. The number of thiazole rings is 1. The molecule has 1 aromatic heterocycles. The van der Waals surface area contributed by atoms with Crippen LogP contribution in [-0.4, -0.2) is 10.9 Å². The number of aromatic nitrogens is 1. The number of rotatable bonds is 2. The zero-order valence-corrected chi connectivity index (χ0v) is 14.2. The largest absolute Gasteiger partial charge is 0.365 e. The second-order valence-corrected chi connectivity index (χ2v) is 7.99. The molecule has 116 valence electrons. The highest BCUT2D eigenvalue weighted by molar-refractivity contribution is 7.14. The number of amides is 1. The summed E-state index contributed by atoms with van der Waals surface area (Å²) in [6.07, 6.45) is 3.27. The molecule has 0 saturated heterocycles. The van der Waals surface area contributed by atoms with E-state index in [-0.39, 0.29) is 17.2 Å². The van der Waals surface area contributed by atoms with Crippen molar-refractivity contribution in [2.24, 2.45) is 5.73 Å². The van der Waals surface area contributed by atoms with Crippen LogP contribution in [-0.2, 0) is 11.8 Å². The third-order valence-electron chi connectivity index (χ3n) is 4.22. The minimum Gasteiger partial charge on any atom is -0.365 e. The normalized spacial score (nSPS) is 18.0. The molecule has 0 aliphatic heterocycles. The van der Waals surface area contributed by atoms with Gasteiger partial charge in [0.05, 0.1) is 10.7 Å². The first-order chi connectivity index (χ1) is 10.4. The van der Waals surface area contributed by atoms with E-state index >= 15 is 0 Å². The quantitative estimate of drug-likeness (QED) is 0.910. The Labute approximate surface area is 135 Å². The van der Waals surface area contributed by atoms with Gasteiger partial charge in [-0.15, -0.1) is 11.3 Å². The van der Waals surface area contributed by atoms with Gasteiger partial charge in [0.15, 0.2) is 0 Å². The van der Waals surface area contributed by atoms with Gasteiger partial charge in [0.25, 0.3) is 5.91 Å². The van der Waals surface area contributed by atoms with Crippen LogP contribution in [0.3, 0.4) is 0 Å². The molecule has 0 radical (unpaired) electrons. The molecule has 0 fully saturated rings. The van der Waals surface area contributed by atoms with Crippen LogP contribution in [0.15, 0.2) is 24.3 Å². The number of nitrogens with two attached hydrogens (primary N) is 1. The molecule has 1 aliphatic rings. The first-order valence-electron chi connectivity index (χ1n) is 7.76. The van der Waals surface area contributed by atoms with E-state index < -0.39 is 0 Å². The lowest BCUT2D eigenvalue weighted by Crippen LogP contribution is -2.17. The van der Waals surface area contributed by atoms with Crippen LogP contribution in [0.2, 0.25) is 0 Å². The number of nitrogens with zero attached hydrogens (tertiary/aromatic N) is 1. The number of hydrogen-bond donors (Lipinski definition) is 1. The molecule has 1 atom stereocenters. The summed E-state index contributed by atoms with van der Waals surface area (Å²) in [7, 11) is 0. The summed E-state index contributed by atoms with van der Waals surface area (Å²) < 4.78 is 0. The molecule has 2 aromatic rings. The van der Waals surface area contributed by atoms with E-state index in [1.807, 2.05) is 0 Å².